The van der Waals surface area contributed by atoms with E-state index in [1.165, 1.54) is 0 Å². The maximum Gasteiger partial charge on any atom is 0.434 e. The average molecular weight is 203 g/mol. The molecule has 0 aliphatic rings. The fourth-order valence-electron chi connectivity index (χ4n) is 0.967. The molecule has 0 saturated heterocycles. The number of hydrogen-bond donors (Lipinski definition) is 0. The van der Waals surface area contributed by atoms with Gasteiger partial charge in [-0.2, -0.15) is 13.2 Å². The number of hydrogen-bond acceptors (Lipinski definition) is 2. The zero-order chi connectivity index (χ0) is 10.8. The molecule has 0 aliphatic heterocycles. The molecule has 0 unspecified atom stereocenters. The normalized spacial score (nSPS) is 12.1. The smallest absolute Gasteiger partial charge is 0.241 e. The standard InChI is InChI=1S/C9H10F3N2/c1-6(2)5-8-13-4-3-7(14-8)9(10,11)12/h4,6H,5H2,1-2H3. The predicted octanol–water partition coefficient (Wildman–Crippen LogP) is 2.49. The summed E-state index contributed by atoms with van der Waals surface area (Å²) >= 11 is 0. The second-order valence-electron chi connectivity index (χ2n) is 3.37. The zero-order valence-corrected chi connectivity index (χ0v) is 7.89. The second kappa shape index (κ2) is 3.94. The van der Waals surface area contributed by atoms with Gasteiger partial charge in [-0.25, -0.2) is 9.97 Å². The molecule has 0 bridgehead atoms. The Morgan fingerprint density at radius 3 is 2.57 bits per heavy atom. The molecule has 1 heterocycles. The van der Waals surface area contributed by atoms with Crippen molar-refractivity contribution in [1.29, 1.82) is 0 Å². The van der Waals surface area contributed by atoms with Crippen LogP contribution in [-0.2, 0) is 12.6 Å². The Bertz CT molecular complexity index is 307. The summed E-state index contributed by atoms with van der Waals surface area (Å²) in [6.45, 7) is 3.79. The van der Waals surface area contributed by atoms with Gasteiger partial charge in [0.05, 0.1) is 0 Å². The van der Waals surface area contributed by atoms with Crippen LogP contribution in [0.1, 0.15) is 25.4 Å². The minimum atomic E-state index is -4.44. The van der Waals surface area contributed by atoms with Crippen LogP contribution in [0, 0.1) is 12.0 Å². The molecular weight excluding hydrogens is 193 g/mol. The second-order valence-corrected chi connectivity index (χ2v) is 3.37. The quantitative estimate of drug-likeness (QED) is 0.738. The van der Waals surface area contributed by atoms with Gasteiger partial charge in [0.25, 0.3) is 0 Å². The van der Waals surface area contributed by atoms with Crippen molar-refractivity contribution in [1.82, 2.24) is 9.97 Å². The van der Waals surface area contributed by atoms with Crippen LogP contribution in [-0.4, -0.2) is 9.97 Å². The van der Waals surface area contributed by atoms with Crippen LogP contribution < -0.4 is 0 Å². The fraction of sp³-hybridized carbons (Fsp3) is 0.556. The Morgan fingerprint density at radius 1 is 1.43 bits per heavy atom. The summed E-state index contributed by atoms with van der Waals surface area (Å²) < 4.78 is 36.6. The third-order valence-corrected chi connectivity index (χ3v) is 1.52. The van der Waals surface area contributed by atoms with E-state index in [4.69, 9.17) is 0 Å². The Labute approximate surface area is 80.2 Å². The van der Waals surface area contributed by atoms with Gasteiger partial charge in [-0.15, -0.1) is 0 Å². The maximum absolute atomic E-state index is 12.2. The molecule has 1 radical (unpaired) electrons. The molecule has 1 aromatic heterocycles. The van der Waals surface area contributed by atoms with E-state index >= 15 is 0 Å². The molecule has 0 atom stereocenters. The van der Waals surface area contributed by atoms with Gasteiger partial charge in [0.1, 0.15) is 5.82 Å². The van der Waals surface area contributed by atoms with E-state index in [-0.39, 0.29) is 11.7 Å². The van der Waals surface area contributed by atoms with E-state index in [0.717, 1.165) is 6.20 Å². The first-order valence-corrected chi connectivity index (χ1v) is 4.20. The van der Waals surface area contributed by atoms with Gasteiger partial charge in [0, 0.05) is 18.7 Å². The van der Waals surface area contributed by atoms with Crippen LogP contribution >= 0.6 is 0 Å². The SMILES string of the molecule is CC(C)Cc1nc[c]c(C(F)(F)F)n1. The Morgan fingerprint density at radius 2 is 2.07 bits per heavy atom. The fourth-order valence-corrected chi connectivity index (χ4v) is 0.967. The van der Waals surface area contributed by atoms with E-state index < -0.39 is 11.9 Å². The largest absolute Gasteiger partial charge is 0.434 e. The highest BCUT2D eigenvalue weighted by Crippen LogP contribution is 2.26. The van der Waals surface area contributed by atoms with Crippen LogP contribution in [0.4, 0.5) is 13.2 Å². The van der Waals surface area contributed by atoms with Crippen molar-refractivity contribution in [2.75, 3.05) is 0 Å². The minimum absolute atomic E-state index is 0.214. The van der Waals surface area contributed by atoms with E-state index in [1.807, 2.05) is 19.9 Å². The molecule has 14 heavy (non-hydrogen) atoms. The number of halogens is 3. The molecule has 0 saturated carbocycles. The summed E-state index contributed by atoms with van der Waals surface area (Å²) in [5.74, 6) is 0.449. The van der Waals surface area contributed by atoms with Gasteiger partial charge in [-0.05, 0) is 5.92 Å². The molecular formula is C9H10F3N2. The van der Waals surface area contributed by atoms with Crippen LogP contribution in [0.15, 0.2) is 6.20 Å². The third kappa shape index (κ3) is 2.97. The molecule has 0 aliphatic carbocycles. The van der Waals surface area contributed by atoms with Crippen molar-refractivity contribution in [2.24, 2.45) is 5.92 Å². The van der Waals surface area contributed by atoms with Crippen molar-refractivity contribution in [2.45, 2.75) is 26.4 Å². The summed E-state index contributed by atoms with van der Waals surface area (Å²) in [5, 5.41) is 0. The van der Waals surface area contributed by atoms with Gasteiger partial charge >= 0.3 is 6.18 Å². The molecule has 0 N–H and O–H groups in total. The van der Waals surface area contributed by atoms with Crippen molar-refractivity contribution in [3.05, 3.63) is 23.8 Å². The molecule has 0 spiro atoms. The lowest BCUT2D eigenvalue weighted by atomic mass is 10.1. The molecule has 1 rings (SSSR count). The Hall–Kier alpha value is -1.13. The van der Waals surface area contributed by atoms with E-state index in [0.29, 0.717) is 6.42 Å². The van der Waals surface area contributed by atoms with Crippen molar-refractivity contribution >= 4 is 0 Å². The van der Waals surface area contributed by atoms with E-state index in [1.54, 1.807) is 0 Å². The highest BCUT2D eigenvalue weighted by molar-refractivity contribution is 5.04. The van der Waals surface area contributed by atoms with Gasteiger partial charge in [-0.1, -0.05) is 13.8 Å². The topological polar surface area (TPSA) is 25.8 Å². The molecule has 0 fully saturated rings. The molecule has 1 aromatic rings. The summed E-state index contributed by atoms with van der Waals surface area (Å²) in [5.41, 5.74) is -0.997. The van der Waals surface area contributed by atoms with Crippen LogP contribution in [0.3, 0.4) is 0 Å². The Balaban J connectivity index is 2.90. The van der Waals surface area contributed by atoms with Crippen LogP contribution in [0.2, 0.25) is 0 Å². The number of rotatable bonds is 2. The van der Waals surface area contributed by atoms with Crippen molar-refractivity contribution < 1.29 is 13.2 Å². The maximum atomic E-state index is 12.2. The number of alkyl halides is 3. The number of aromatic nitrogens is 2. The lowest BCUT2D eigenvalue weighted by molar-refractivity contribution is -0.141. The Kier molecular flexibility index (Phi) is 3.08. The van der Waals surface area contributed by atoms with Gasteiger partial charge in [0.2, 0.25) is 0 Å². The highest BCUT2D eigenvalue weighted by atomic mass is 19.4. The molecule has 0 aromatic carbocycles. The average Bonchev–Trinajstić information content (AvgIpc) is 2.01. The predicted molar refractivity (Wildman–Crippen MR) is 44.4 cm³/mol. The summed E-state index contributed by atoms with van der Waals surface area (Å²) in [4.78, 5) is 7.12. The summed E-state index contributed by atoms with van der Waals surface area (Å²) in [6.07, 6.45) is -2.97. The highest BCUT2D eigenvalue weighted by Gasteiger charge is 2.33. The first kappa shape index (κ1) is 10.9. The third-order valence-electron chi connectivity index (χ3n) is 1.52. The lowest BCUT2D eigenvalue weighted by Gasteiger charge is -2.07. The summed E-state index contributed by atoms with van der Waals surface area (Å²) in [7, 11) is 0. The molecule has 2 nitrogen and oxygen atoms in total. The first-order valence-electron chi connectivity index (χ1n) is 4.20. The molecule has 5 heteroatoms. The minimum Gasteiger partial charge on any atom is -0.241 e. The van der Waals surface area contributed by atoms with Gasteiger partial charge in [-0.3, -0.25) is 0 Å². The van der Waals surface area contributed by atoms with Crippen LogP contribution in [0.5, 0.6) is 0 Å². The summed E-state index contributed by atoms with van der Waals surface area (Å²) in [6, 6.07) is 1.97. The molecule has 0 amide bonds. The lowest BCUT2D eigenvalue weighted by Crippen LogP contribution is -2.11. The van der Waals surface area contributed by atoms with Crippen molar-refractivity contribution in [3.63, 3.8) is 0 Å². The van der Waals surface area contributed by atoms with Crippen molar-refractivity contribution in [3.8, 4) is 0 Å². The van der Waals surface area contributed by atoms with Gasteiger partial charge in [0.15, 0.2) is 5.69 Å². The van der Waals surface area contributed by atoms with Gasteiger partial charge < -0.3 is 0 Å². The zero-order valence-electron chi connectivity index (χ0n) is 7.89. The first-order chi connectivity index (χ1) is 6.39. The monoisotopic (exact) mass is 203 g/mol. The van der Waals surface area contributed by atoms with E-state index in [2.05, 4.69) is 9.97 Å². The molecule has 77 valence electrons. The van der Waals surface area contributed by atoms with E-state index in [9.17, 15) is 13.2 Å². The van der Waals surface area contributed by atoms with Crippen LogP contribution in [0.25, 0.3) is 0 Å². The number of nitrogens with zero attached hydrogens (tertiary/aromatic N) is 2.